The molecule has 0 aromatic carbocycles. The third-order valence-electron chi connectivity index (χ3n) is 3.54. The molecule has 1 aliphatic rings. The molecule has 124 valence electrons. The van der Waals surface area contributed by atoms with Gasteiger partial charge < -0.3 is 10.1 Å². The molecule has 1 amide bonds. The number of amides is 1. The maximum absolute atomic E-state index is 12.1. The van der Waals surface area contributed by atoms with E-state index < -0.39 is 0 Å². The van der Waals surface area contributed by atoms with Crippen LogP contribution in [0.5, 0.6) is 0 Å². The molecule has 0 bridgehead atoms. The van der Waals surface area contributed by atoms with E-state index in [0.29, 0.717) is 31.4 Å². The Labute approximate surface area is 138 Å². The zero-order valence-electron chi connectivity index (χ0n) is 13.2. The first-order valence-corrected chi connectivity index (χ1v) is 8.45. The van der Waals surface area contributed by atoms with E-state index in [4.69, 9.17) is 4.74 Å². The van der Waals surface area contributed by atoms with Crippen LogP contribution in [0.2, 0.25) is 0 Å². The van der Waals surface area contributed by atoms with Crippen LogP contribution in [0.25, 0.3) is 0 Å². The van der Waals surface area contributed by atoms with Crippen LogP contribution in [0.4, 0.5) is 5.13 Å². The number of rotatable bonds is 5. The lowest BCUT2D eigenvalue weighted by atomic mass is 10.2. The van der Waals surface area contributed by atoms with Crippen molar-refractivity contribution in [3.05, 3.63) is 23.2 Å². The van der Waals surface area contributed by atoms with Crippen molar-refractivity contribution in [2.45, 2.75) is 25.9 Å². The van der Waals surface area contributed by atoms with Crippen molar-refractivity contribution >= 4 is 22.4 Å². The molecule has 1 fully saturated rings. The molecule has 1 aliphatic heterocycles. The lowest BCUT2D eigenvalue weighted by Gasteiger charge is -2.31. The molecule has 23 heavy (non-hydrogen) atoms. The standard InChI is InChI=1S/C14H20N6O2S/c1-9(2)12-17-13(19-18-12)10-7-20(4-5-22-10)8-11(21)16-14-15-3-6-23-14/h3,6,9-10H,4-5,7-8H2,1-2H3,(H,15,16,21)(H,17,18,19)/t10-/m0/s1. The minimum atomic E-state index is -0.184. The van der Waals surface area contributed by atoms with Crippen LogP contribution in [0.15, 0.2) is 11.6 Å². The Hall–Kier alpha value is -1.84. The van der Waals surface area contributed by atoms with Gasteiger partial charge in [0.15, 0.2) is 16.8 Å². The Bertz CT molecular complexity index is 641. The molecule has 9 heteroatoms. The zero-order chi connectivity index (χ0) is 16.2. The highest BCUT2D eigenvalue weighted by Gasteiger charge is 2.26. The van der Waals surface area contributed by atoms with Crippen molar-refractivity contribution < 1.29 is 9.53 Å². The van der Waals surface area contributed by atoms with E-state index >= 15 is 0 Å². The number of nitrogens with zero attached hydrogens (tertiary/aromatic N) is 4. The normalized spacial score (nSPS) is 19.2. The molecule has 0 unspecified atom stereocenters. The van der Waals surface area contributed by atoms with Gasteiger partial charge in [0, 0.05) is 30.6 Å². The van der Waals surface area contributed by atoms with Gasteiger partial charge in [-0.05, 0) is 0 Å². The molecular weight excluding hydrogens is 316 g/mol. The van der Waals surface area contributed by atoms with Gasteiger partial charge in [-0.1, -0.05) is 13.8 Å². The van der Waals surface area contributed by atoms with Crippen molar-refractivity contribution in [3.63, 3.8) is 0 Å². The molecule has 1 saturated heterocycles. The number of carbonyl (C=O) groups is 1. The molecular formula is C14H20N6O2S. The van der Waals surface area contributed by atoms with Crippen LogP contribution in [0.3, 0.4) is 0 Å². The van der Waals surface area contributed by atoms with E-state index in [1.165, 1.54) is 11.3 Å². The first-order valence-electron chi connectivity index (χ1n) is 7.57. The van der Waals surface area contributed by atoms with E-state index in [-0.39, 0.29) is 17.9 Å². The van der Waals surface area contributed by atoms with Crippen molar-refractivity contribution in [1.82, 2.24) is 25.1 Å². The summed E-state index contributed by atoms with van der Waals surface area (Å²) in [7, 11) is 0. The van der Waals surface area contributed by atoms with Crippen LogP contribution in [-0.2, 0) is 9.53 Å². The van der Waals surface area contributed by atoms with Gasteiger partial charge in [0.1, 0.15) is 6.10 Å². The molecule has 2 N–H and O–H groups in total. The van der Waals surface area contributed by atoms with Gasteiger partial charge in [-0.3, -0.25) is 14.8 Å². The van der Waals surface area contributed by atoms with Gasteiger partial charge in [-0.15, -0.1) is 11.3 Å². The average molecular weight is 336 g/mol. The summed E-state index contributed by atoms with van der Waals surface area (Å²) in [5.74, 6) is 1.70. The maximum Gasteiger partial charge on any atom is 0.240 e. The maximum atomic E-state index is 12.1. The number of aromatic nitrogens is 4. The van der Waals surface area contributed by atoms with E-state index in [1.54, 1.807) is 6.20 Å². The Balaban J connectivity index is 1.56. The van der Waals surface area contributed by atoms with E-state index in [9.17, 15) is 4.79 Å². The number of carbonyl (C=O) groups excluding carboxylic acids is 1. The van der Waals surface area contributed by atoms with E-state index in [1.807, 2.05) is 19.2 Å². The van der Waals surface area contributed by atoms with Gasteiger partial charge in [-0.25, -0.2) is 9.97 Å². The van der Waals surface area contributed by atoms with Crippen LogP contribution in [-0.4, -0.2) is 57.2 Å². The highest BCUT2D eigenvalue weighted by molar-refractivity contribution is 7.13. The fourth-order valence-electron chi connectivity index (χ4n) is 2.35. The number of ether oxygens (including phenoxy) is 1. The summed E-state index contributed by atoms with van der Waals surface area (Å²) >= 11 is 1.41. The molecule has 2 aromatic rings. The van der Waals surface area contributed by atoms with Crippen LogP contribution in [0.1, 0.15) is 37.5 Å². The predicted molar refractivity (Wildman–Crippen MR) is 86.3 cm³/mol. The number of hydrogen-bond donors (Lipinski definition) is 2. The number of thiazole rings is 1. The third kappa shape index (κ3) is 4.12. The number of morpholine rings is 1. The fraction of sp³-hybridized carbons (Fsp3) is 0.571. The lowest BCUT2D eigenvalue weighted by molar-refractivity contribution is -0.119. The Morgan fingerprint density at radius 2 is 2.48 bits per heavy atom. The number of hydrogen-bond acceptors (Lipinski definition) is 7. The highest BCUT2D eigenvalue weighted by Crippen LogP contribution is 2.20. The summed E-state index contributed by atoms with van der Waals surface area (Å²) in [6, 6.07) is 0. The largest absolute Gasteiger partial charge is 0.368 e. The molecule has 0 aliphatic carbocycles. The molecule has 0 radical (unpaired) electrons. The van der Waals surface area contributed by atoms with Crippen LogP contribution >= 0.6 is 11.3 Å². The average Bonchev–Trinajstić information content (AvgIpc) is 3.18. The van der Waals surface area contributed by atoms with E-state index in [0.717, 1.165) is 11.6 Å². The van der Waals surface area contributed by atoms with Crippen molar-refractivity contribution in [3.8, 4) is 0 Å². The second kappa shape index (κ2) is 7.16. The highest BCUT2D eigenvalue weighted by atomic mass is 32.1. The number of H-pyrrole nitrogens is 1. The second-order valence-electron chi connectivity index (χ2n) is 5.71. The summed E-state index contributed by atoms with van der Waals surface area (Å²) in [5.41, 5.74) is 0. The third-order valence-corrected chi connectivity index (χ3v) is 4.23. The quantitative estimate of drug-likeness (QED) is 0.857. The number of anilines is 1. The lowest BCUT2D eigenvalue weighted by Crippen LogP contribution is -2.42. The first kappa shape index (κ1) is 16.0. The van der Waals surface area contributed by atoms with E-state index in [2.05, 4.69) is 30.4 Å². The molecule has 3 rings (SSSR count). The van der Waals surface area contributed by atoms with Gasteiger partial charge >= 0.3 is 0 Å². The fourth-order valence-corrected chi connectivity index (χ4v) is 2.89. The first-order chi connectivity index (χ1) is 11.1. The molecule has 2 aromatic heterocycles. The summed E-state index contributed by atoms with van der Waals surface area (Å²) < 4.78 is 5.76. The molecule has 1 atom stereocenters. The Kier molecular flexibility index (Phi) is 4.99. The zero-order valence-corrected chi connectivity index (χ0v) is 14.0. The summed E-state index contributed by atoms with van der Waals surface area (Å²) in [5, 5.41) is 12.4. The Morgan fingerprint density at radius 3 is 3.17 bits per heavy atom. The van der Waals surface area contributed by atoms with Gasteiger partial charge in [0.25, 0.3) is 0 Å². The van der Waals surface area contributed by atoms with Gasteiger partial charge in [0.05, 0.1) is 13.2 Å². The Morgan fingerprint density at radius 1 is 1.61 bits per heavy atom. The second-order valence-corrected chi connectivity index (χ2v) is 6.61. The van der Waals surface area contributed by atoms with Crippen molar-refractivity contribution in [2.24, 2.45) is 0 Å². The van der Waals surface area contributed by atoms with Gasteiger partial charge in [0.2, 0.25) is 5.91 Å². The monoisotopic (exact) mass is 336 g/mol. The summed E-state index contributed by atoms with van der Waals surface area (Å²) in [6.45, 7) is 6.29. The van der Waals surface area contributed by atoms with Crippen LogP contribution < -0.4 is 5.32 Å². The van der Waals surface area contributed by atoms with Crippen LogP contribution in [0, 0.1) is 0 Å². The topological polar surface area (TPSA) is 96.0 Å². The number of nitrogens with one attached hydrogen (secondary N) is 2. The SMILES string of the molecule is CC(C)c1n[nH]c([C@@H]2CN(CC(=O)Nc3nccs3)CCO2)n1. The predicted octanol–water partition coefficient (Wildman–Crippen LogP) is 1.40. The number of aromatic amines is 1. The molecule has 3 heterocycles. The minimum absolute atomic E-state index is 0.0685. The minimum Gasteiger partial charge on any atom is -0.368 e. The molecule has 0 spiro atoms. The summed E-state index contributed by atoms with van der Waals surface area (Å²) in [6.07, 6.45) is 1.48. The van der Waals surface area contributed by atoms with Crippen molar-refractivity contribution in [2.75, 3.05) is 31.6 Å². The van der Waals surface area contributed by atoms with Gasteiger partial charge in [-0.2, -0.15) is 5.10 Å². The smallest absolute Gasteiger partial charge is 0.240 e. The molecule has 8 nitrogen and oxygen atoms in total. The molecule has 0 saturated carbocycles. The van der Waals surface area contributed by atoms with Crippen molar-refractivity contribution in [1.29, 1.82) is 0 Å². The summed E-state index contributed by atoms with van der Waals surface area (Å²) in [4.78, 5) is 22.6.